The number of aliphatic hydroxyl groups is 2. The number of benzene rings is 2. The molecule has 3 rings (SSSR count). The highest BCUT2D eigenvalue weighted by Crippen LogP contribution is 2.53. The molecule has 0 aromatic heterocycles. The van der Waals surface area contributed by atoms with Crippen molar-refractivity contribution in [1.29, 1.82) is 0 Å². The van der Waals surface area contributed by atoms with E-state index in [1.165, 1.54) is 17.8 Å². The highest BCUT2D eigenvalue weighted by atomic mass is 32.2. The van der Waals surface area contributed by atoms with Gasteiger partial charge in [-0.3, -0.25) is 0 Å². The van der Waals surface area contributed by atoms with Gasteiger partial charge in [0.2, 0.25) is 0 Å². The van der Waals surface area contributed by atoms with Crippen LogP contribution in [0, 0.1) is 0 Å². The third-order valence-electron chi connectivity index (χ3n) is 4.07. The lowest BCUT2D eigenvalue weighted by Gasteiger charge is -2.37. The Morgan fingerprint density at radius 3 is 2.19 bits per heavy atom. The molecule has 8 nitrogen and oxygen atoms in total. The molecule has 0 spiro atoms. The van der Waals surface area contributed by atoms with Gasteiger partial charge in [0.25, 0.3) is 0 Å². The SMILES string of the molecule is OCCS[C@H]1c2c(O)cc(O)cc2O[C@H](c2cc(O)c(O)c(O)c2)[C@H]1O. The minimum Gasteiger partial charge on any atom is -0.508 e. The summed E-state index contributed by atoms with van der Waals surface area (Å²) in [5, 5.41) is 68.0. The Kier molecular flexibility index (Phi) is 4.94. The third kappa shape index (κ3) is 3.16. The summed E-state index contributed by atoms with van der Waals surface area (Å²) in [6, 6.07) is 4.69. The van der Waals surface area contributed by atoms with Crippen LogP contribution in [0.15, 0.2) is 24.3 Å². The predicted molar refractivity (Wildman–Crippen MR) is 92.9 cm³/mol. The number of fused-ring (bicyclic) bond motifs is 1. The Morgan fingerprint density at radius 1 is 0.923 bits per heavy atom. The molecule has 140 valence electrons. The van der Waals surface area contributed by atoms with E-state index in [9.17, 15) is 30.6 Å². The predicted octanol–water partition coefficient (Wildman–Crippen LogP) is 1.48. The van der Waals surface area contributed by atoms with Gasteiger partial charge in [0.1, 0.15) is 23.4 Å². The molecular weight excluding hydrogens is 364 g/mol. The molecule has 26 heavy (non-hydrogen) atoms. The molecule has 0 bridgehead atoms. The fourth-order valence-electron chi connectivity index (χ4n) is 2.93. The van der Waals surface area contributed by atoms with Crippen LogP contribution in [0.25, 0.3) is 0 Å². The number of thioether (sulfide) groups is 1. The highest BCUT2D eigenvalue weighted by molar-refractivity contribution is 7.99. The molecule has 0 saturated heterocycles. The van der Waals surface area contributed by atoms with E-state index in [1.54, 1.807) is 0 Å². The summed E-state index contributed by atoms with van der Waals surface area (Å²) in [7, 11) is 0. The van der Waals surface area contributed by atoms with Gasteiger partial charge < -0.3 is 40.5 Å². The number of ether oxygens (including phenoxy) is 1. The summed E-state index contributed by atoms with van der Waals surface area (Å²) < 4.78 is 5.70. The molecule has 0 aliphatic carbocycles. The van der Waals surface area contributed by atoms with Gasteiger partial charge >= 0.3 is 0 Å². The van der Waals surface area contributed by atoms with E-state index in [0.29, 0.717) is 0 Å². The minimum absolute atomic E-state index is 0.125. The molecule has 0 amide bonds. The maximum Gasteiger partial charge on any atom is 0.200 e. The van der Waals surface area contributed by atoms with Gasteiger partial charge in [-0.25, -0.2) is 0 Å². The Morgan fingerprint density at radius 2 is 1.58 bits per heavy atom. The molecule has 0 radical (unpaired) electrons. The van der Waals surface area contributed by atoms with E-state index in [1.807, 2.05) is 0 Å². The first kappa shape index (κ1) is 18.3. The van der Waals surface area contributed by atoms with Crippen LogP contribution in [-0.2, 0) is 0 Å². The lowest BCUT2D eigenvalue weighted by atomic mass is 9.93. The van der Waals surface area contributed by atoms with Gasteiger partial charge in [0.05, 0.1) is 17.4 Å². The van der Waals surface area contributed by atoms with Crippen molar-refractivity contribution in [2.24, 2.45) is 0 Å². The fraction of sp³-hybridized carbons (Fsp3) is 0.294. The van der Waals surface area contributed by atoms with Crippen LogP contribution < -0.4 is 4.74 Å². The minimum atomic E-state index is -1.21. The summed E-state index contributed by atoms with van der Waals surface area (Å²) in [6.07, 6.45) is -2.27. The largest absolute Gasteiger partial charge is 0.508 e. The molecule has 0 saturated carbocycles. The van der Waals surface area contributed by atoms with Crippen LogP contribution in [0.2, 0.25) is 0 Å². The first-order valence-corrected chi connectivity index (χ1v) is 8.76. The van der Waals surface area contributed by atoms with Crippen molar-refractivity contribution in [2.45, 2.75) is 17.5 Å². The number of aromatic hydroxyl groups is 5. The summed E-state index contributed by atoms with van der Waals surface area (Å²) in [5.41, 5.74) is 0.464. The number of phenolic OH excluding ortho intramolecular Hbond substituents is 5. The Hall–Kier alpha value is -2.49. The van der Waals surface area contributed by atoms with Crippen molar-refractivity contribution in [3.8, 4) is 34.5 Å². The van der Waals surface area contributed by atoms with Crippen LogP contribution in [0.5, 0.6) is 34.5 Å². The summed E-state index contributed by atoms with van der Waals surface area (Å²) >= 11 is 1.18. The molecular formula is C17H18O8S. The maximum absolute atomic E-state index is 10.8. The zero-order valence-electron chi connectivity index (χ0n) is 13.4. The normalized spacial score (nSPS) is 21.8. The van der Waals surface area contributed by atoms with Crippen molar-refractivity contribution in [3.05, 3.63) is 35.4 Å². The average Bonchev–Trinajstić information content (AvgIpc) is 2.58. The quantitative estimate of drug-likeness (QED) is 0.390. The Bertz CT molecular complexity index is 802. The van der Waals surface area contributed by atoms with E-state index < -0.39 is 34.7 Å². The monoisotopic (exact) mass is 382 g/mol. The molecule has 0 fully saturated rings. The van der Waals surface area contributed by atoms with Crippen LogP contribution >= 0.6 is 11.8 Å². The van der Waals surface area contributed by atoms with Crippen molar-refractivity contribution in [1.82, 2.24) is 0 Å². The van der Waals surface area contributed by atoms with Gasteiger partial charge in [-0.1, -0.05) is 0 Å². The number of aliphatic hydroxyl groups excluding tert-OH is 2. The lowest BCUT2D eigenvalue weighted by molar-refractivity contribution is 0.0173. The van der Waals surface area contributed by atoms with E-state index in [-0.39, 0.29) is 40.7 Å². The summed E-state index contributed by atoms with van der Waals surface area (Å²) in [4.78, 5) is 0. The van der Waals surface area contributed by atoms with E-state index in [4.69, 9.17) is 9.84 Å². The van der Waals surface area contributed by atoms with Crippen molar-refractivity contribution in [2.75, 3.05) is 12.4 Å². The number of hydrogen-bond acceptors (Lipinski definition) is 9. The molecule has 7 N–H and O–H groups in total. The average molecular weight is 382 g/mol. The molecule has 2 aromatic rings. The van der Waals surface area contributed by atoms with Gasteiger partial charge in [0.15, 0.2) is 23.4 Å². The first-order chi connectivity index (χ1) is 12.3. The molecule has 1 aliphatic rings. The molecule has 3 atom stereocenters. The van der Waals surface area contributed by atoms with E-state index in [2.05, 4.69) is 0 Å². The molecule has 1 aliphatic heterocycles. The van der Waals surface area contributed by atoms with Gasteiger partial charge in [-0.2, -0.15) is 0 Å². The second-order valence-corrected chi connectivity index (χ2v) is 7.08. The number of rotatable bonds is 4. The van der Waals surface area contributed by atoms with Crippen LogP contribution in [0.3, 0.4) is 0 Å². The standard InChI is InChI=1S/C17H18O8S/c18-1-2-26-17-13-9(20)5-8(19)6-12(13)25-16(15(17)24)7-3-10(21)14(23)11(22)4-7/h3-6,15-24H,1-2H2/t15-,16-,17+/m1/s1. The van der Waals surface area contributed by atoms with Crippen LogP contribution in [-0.4, -0.2) is 54.2 Å². The van der Waals surface area contributed by atoms with Crippen molar-refractivity contribution >= 4 is 11.8 Å². The highest BCUT2D eigenvalue weighted by Gasteiger charge is 2.41. The van der Waals surface area contributed by atoms with Gasteiger partial charge in [0, 0.05) is 23.4 Å². The first-order valence-electron chi connectivity index (χ1n) is 7.71. The summed E-state index contributed by atoms with van der Waals surface area (Å²) in [5.74, 6) is -1.95. The lowest BCUT2D eigenvalue weighted by Crippen LogP contribution is -2.33. The second-order valence-electron chi connectivity index (χ2n) is 5.83. The van der Waals surface area contributed by atoms with Crippen LogP contribution in [0.1, 0.15) is 22.5 Å². The van der Waals surface area contributed by atoms with E-state index in [0.717, 1.165) is 18.2 Å². The molecule has 1 heterocycles. The van der Waals surface area contributed by atoms with E-state index >= 15 is 0 Å². The zero-order chi connectivity index (χ0) is 19.0. The number of phenols is 5. The Balaban J connectivity index is 2.08. The zero-order valence-corrected chi connectivity index (χ0v) is 14.2. The second kappa shape index (κ2) is 7.02. The third-order valence-corrected chi connectivity index (χ3v) is 5.37. The number of hydrogen-bond donors (Lipinski definition) is 7. The molecule has 0 unspecified atom stereocenters. The topological polar surface area (TPSA) is 151 Å². The molecule has 2 aromatic carbocycles. The Labute approximate surface area is 152 Å². The molecule has 9 heteroatoms. The smallest absolute Gasteiger partial charge is 0.200 e. The summed E-state index contributed by atoms with van der Waals surface area (Å²) in [6.45, 7) is -0.144. The van der Waals surface area contributed by atoms with Gasteiger partial charge in [-0.15, -0.1) is 11.8 Å². The van der Waals surface area contributed by atoms with Crippen LogP contribution in [0.4, 0.5) is 0 Å². The maximum atomic E-state index is 10.8. The van der Waals surface area contributed by atoms with Gasteiger partial charge in [-0.05, 0) is 12.1 Å². The fourth-order valence-corrected chi connectivity index (χ4v) is 4.04. The van der Waals surface area contributed by atoms with Crippen molar-refractivity contribution < 1.29 is 40.5 Å². The van der Waals surface area contributed by atoms with Crippen molar-refractivity contribution in [3.63, 3.8) is 0 Å².